The second-order valence-electron chi connectivity index (χ2n) is 4.57. The Labute approximate surface area is 101 Å². The van der Waals surface area contributed by atoms with Gasteiger partial charge in [0.1, 0.15) is 0 Å². The lowest BCUT2D eigenvalue weighted by Crippen LogP contribution is -2.14. The third-order valence-electron chi connectivity index (χ3n) is 3.19. The van der Waals surface area contributed by atoms with Crippen molar-refractivity contribution in [2.75, 3.05) is 0 Å². The first-order valence-electron chi connectivity index (χ1n) is 5.94. The Bertz CT molecular complexity index is 542. The van der Waals surface area contributed by atoms with Crippen molar-refractivity contribution in [1.29, 1.82) is 0 Å². The van der Waals surface area contributed by atoms with Crippen molar-refractivity contribution < 1.29 is 4.79 Å². The van der Waals surface area contributed by atoms with Crippen LogP contribution in [0.5, 0.6) is 0 Å². The van der Waals surface area contributed by atoms with Crippen LogP contribution in [0.2, 0.25) is 0 Å². The summed E-state index contributed by atoms with van der Waals surface area (Å²) in [6, 6.07) is 10.8. The van der Waals surface area contributed by atoms with Gasteiger partial charge in [-0.05, 0) is 37.8 Å². The summed E-state index contributed by atoms with van der Waals surface area (Å²) in [4.78, 5) is 10.8. The quantitative estimate of drug-likeness (QED) is 0.862. The van der Waals surface area contributed by atoms with E-state index in [9.17, 15) is 4.79 Å². The normalized spacial score (nSPS) is 12.8. The van der Waals surface area contributed by atoms with E-state index in [2.05, 4.69) is 36.6 Å². The number of aryl methyl sites for hydroxylation is 1. The maximum Gasteiger partial charge on any atom is 0.217 e. The molecule has 1 heterocycles. The minimum Gasteiger partial charge on any atom is -0.370 e. The second kappa shape index (κ2) is 4.62. The average Bonchev–Trinajstić information content (AvgIpc) is 2.61. The fourth-order valence-corrected chi connectivity index (χ4v) is 2.38. The standard InChI is InChI=1S/C14H18N2O/c1-10(7-8-14(15)17)16-11(2)9-12-5-3-4-6-13(12)16/h3-6,9-10H,7-8H2,1-2H3,(H2,15,17). The van der Waals surface area contributed by atoms with E-state index < -0.39 is 0 Å². The molecule has 3 heteroatoms. The SMILES string of the molecule is Cc1cc2ccccc2n1C(C)CCC(N)=O. The van der Waals surface area contributed by atoms with E-state index in [1.54, 1.807) is 0 Å². The zero-order valence-electron chi connectivity index (χ0n) is 10.3. The third-order valence-corrected chi connectivity index (χ3v) is 3.19. The molecule has 0 spiro atoms. The first-order chi connectivity index (χ1) is 8.09. The minimum absolute atomic E-state index is 0.231. The van der Waals surface area contributed by atoms with Crippen LogP contribution in [0.3, 0.4) is 0 Å². The second-order valence-corrected chi connectivity index (χ2v) is 4.57. The first-order valence-corrected chi connectivity index (χ1v) is 5.94. The highest BCUT2D eigenvalue weighted by atomic mass is 16.1. The Morgan fingerprint density at radius 1 is 1.41 bits per heavy atom. The van der Waals surface area contributed by atoms with Crippen LogP contribution < -0.4 is 5.73 Å². The summed E-state index contributed by atoms with van der Waals surface area (Å²) in [5.74, 6) is -0.231. The van der Waals surface area contributed by atoms with Gasteiger partial charge in [0.2, 0.25) is 5.91 Å². The topological polar surface area (TPSA) is 48.0 Å². The monoisotopic (exact) mass is 230 g/mol. The molecule has 2 aromatic rings. The number of rotatable bonds is 4. The van der Waals surface area contributed by atoms with Gasteiger partial charge in [-0.2, -0.15) is 0 Å². The molecule has 2 rings (SSSR count). The van der Waals surface area contributed by atoms with Crippen molar-refractivity contribution in [3.05, 3.63) is 36.0 Å². The van der Waals surface area contributed by atoms with Crippen LogP contribution in [0.1, 0.15) is 31.5 Å². The van der Waals surface area contributed by atoms with Gasteiger partial charge in [0, 0.05) is 23.7 Å². The van der Waals surface area contributed by atoms with Crippen molar-refractivity contribution in [2.45, 2.75) is 32.7 Å². The zero-order valence-corrected chi connectivity index (χ0v) is 10.3. The van der Waals surface area contributed by atoms with Gasteiger partial charge in [-0.25, -0.2) is 0 Å². The molecule has 3 nitrogen and oxygen atoms in total. The summed E-state index contributed by atoms with van der Waals surface area (Å²) in [6.07, 6.45) is 1.22. The van der Waals surface area contributed by atoms with Crippen LogP contribution in [0, 0.1) is 6.92 Å². The number of hydrogen-bond acceptors (Lipinski definition) is 1. The van der Waals surface area contributed by atoms with Gasteiger partial charge in [0.05, 0.1) is 0 Å². The molecule has 0 aliphatic heterocycles. The molecule has 1 atom stereocenters. The van der Waals surface area contributed by atoms with Crippen molar-refractivity contribution >= 4 is 16.8 Å². The molecule has 0 bridgehead atoms. The number of nitrogens with zero attached hydrogens (tertiary/aromatic N) is 1. The van der Waals surface area contributed by atoms with Crippen LogP contribution in [-0.4, -0.2) is 10.5 Å². The van der Waals surface area contributed by atoms with Crippen LogP contribution in [0.25, 0.3) is 10.9 Å². The minimum atomic E-state index is -0.231. The molecule has 17 heavy (non-hydrogen) atoms. The van der Waals surface area contributed by atoms with Crippen LogP contribution in [0.15, 0.2) is 30.3 Å². The van der Waals surface area contributed by atoms with Crippen LogP contribution in [0.4, 0.5) is 0 Å². The number of para-hydroxylation sites is 1. The predicted octanol–water partition coefficient (Wildman–Crippen LogP) is 2.78. The number of benzene rings is 1. The van der Waals surface area contributed by atoms with E-state index in [0.29, 0.717) is 12.5 Å². The lowest BCUT2D eigenvalue weighted by Gasteiger charge is -2.16. The van der Waals surface area contributed by atoms with Gasteiger partial charge in [-0.3, -0.25) is 4.79 Å². The summed E-state index contributed by atoms with van der Waals surface area (Å²) in [5.41, 5.74) is 7.65. The number of nitrogens with two attached hydrogens (primary N) is 1. The van der Waals surface area contributed by atoms with Gasteiger partial charge in [-0.1, -0.05) is 18.2 Å². The molecule has 0 saturated carbocycles. The number of hydrogen-bond donors (Lipinski definition) is 1. The molecule has 2 N–H and O–H groups in total. The van der Waals surface area contributed by atoms with Crippen molar-refractivity contribution in [1.82, 2.24) is 4.57 Å². The maximum atomic E-state index is 10.8. The summed E-state index contributed by atoms with van der Waals surface area (Å²) in [7, 11) is 0. The molecule has 0 aliphatic carbocycles. The van der Waals surface area contributed by atoms with E-state index >= 15 is 0 Å². The Balaban J connectivity index is 2.33. The van der Waals surface area contributed by atoms with E-state index in [4.69, 9.17) is 5.73 Å². The molecule has 1 amide bonds. The molecule has 0 aliphatic rings. The Hall–Kier alpha value is -1.77. The fourth-order valence-electron chi connectivity index (χ4n) is 2.38. The van der Waals surface area contributed by atoms with Crippen molar-refractivity contribution in [2.24, 2.45) is 5.73 Å². The summed E-state index contributed by atoms with van der Waals surface area (Å²) >= 11 is 0. The average molecular weight is 230 g/mol. The zero-order chi connectivity index (χ0) is 12.4. The first kappa shape index (κ1) is 11.7. The number of primary amides is 1. The van der Waals surface area contributed by atoms with E-state index in [1.165, 1.54) is 16.6 Å². The van der Waals surface area contributed by atoms with Crippen molar-refractivity contribution in [3.63, 3.8) is 0 Å². The maximum absolute atomic E-state index is 10.8. The number of carbonyl (C=O) groups excluding carboxylic acids is 1. The predicted molar refractivity (Wildman–Crippen MR) is 69.8 cm³/mol. The lowest BCUT2D eigenvalue weighted by atomic mass is 10.1. The number of carbonyl (C=O) groups is 1. The molecule has 1 aromatic carbocycles. The fraction of sp³-hybridized carbons (Fsp3) is 0.357. The molecule has 0 radical (unpaired) electrons. The number of aromatic nitrogens is 1. The number of fused-ring (bicyclic) bond motifs is 1. The molecule has 0 fully saturated rings. The van der Waals surface area contributed by atoms with Crippen LogP contribution >= 0.6 is 0 Å². The highest BCUT2D eigenvalue weighted by Gasteiger charge is 2.12. The van der Waals surface area contributed by atoms with Gasteiger partial charge in [0.15, 0.2) is 0 Å². The highest BCUT2D eigenvalue weighted by molar-refractivity contribution is 5.81. The van der Waals surface area contributed by atoms with E-state index in [1.807, 2.05) is 12.1 Å². The van der Waals surface area contributed by atoms with Gasteiger partial charge in [-0.15, -0.1) is 0 Å². The van der Waals surface area contributed by atoms with Crippen LogP contribution in [-0.2, 0) is 4.79 Å². The summed E-state index contributed by atoms with van der Waals surface area (Å²) in [6.45, 7) is 4.23. The molecule has 1 unspecified atom stereocenters. The largest absolute Gasteiger partial charge is 0.370 e. The summed E-state index contributed by atoms with van der Waals surface area (Å²) in [5, 5.41) is 1.25. The van der Waals surface area contributed by atoms with Crippen molar-refractivity contribution in [3.8, 4) is 0 Å². The lowest BCUT2D eigenvalue weighted by molar-refractivity contribution is -0.118. The smallest absolute Gasteiger partial charge is 0.217 e. The van der Waals surface area contributed by atoms with E-state index in [0.717, 1.165) is 6.42 Å². The Morgan fingerprint density at radius 2 is 2.12 bits per heavy atom. The van der Waals surface area contributed by atoms with Gasteiger partial charge in [0.25, 0.3) is 0 Å². The number of amides is 1. The highest BCUT2D eigenvalue weighted by Crippen LogP contribution is 2.25. The molecular weight excluding hydrogens is 212 g/mol. The molecule has 1 aromatic heterocycles. The Kier molecular flexibility index (Phi) is 3.18. The van der Waals surface area contributed by atoms with Gasteiger partial charge >= 0.3 is 0 Å². The Morgan fingerprint density at radius 3 is 2.82 bits per heavy atom. The van der Waals surface area contributed by atoms with E-state index in [-0.39, 0.29) is 5.91 Å². The molecule has 0 saturated heterocycles. The molecular formula is C14H18N2O. The van der Waals surface area contributed by atoms with Gasteiger partial charge < -0.3 is 10.3 Å². The summed E-state index contributed by atoms with van der Waals surface area (Å²) < 4.78 is 2.28. The third kappa shape index (κ3) is 2.33. The molecule has 90 valence electrons.